The monoisotopic (exact) mass is 513 g/mol. The minimum Gasteiger partial charge on any atom is -0.493 e. The summed E-state index contributed by atoms with van der Waals surface area (Å²) in [4.78, 5) is 14.3. The molecule has 0 spiro atoms. The zero-order valence-electron chi connectivity index (χ0n) is 20.6. The molecule has 0 unspecified atom stereocenters. The summed E-state index contributed by atoms with van der Waals surface area (Å²) < 4.78 is 59.9. The Bertz CT molecular complexity index is 1280. The van der Waals surface area contributed by atoms with Gasteiger partial charge in [-0.15, -0.1) is 0 Å². The van der Waals surface area contributed by atoms with Crippen molar-refractivity contribution in [2.75, 3.05) is 24.6 Å². The van der Waals surface area contributed by atoms with Gasteiger partial charge in [0.1, 0.15) is 30.1 Å². The number of pyridine rings is 1. The number of ether oxygens (including phenoxy) is 1. The topological polar surface area (TPSA) is 66.2 Å². The summed E-state index contributed by atoms with van der Waals surface area (Å²) in [5, 5.41) is 9.42. The van der Waals surface area contributed by atoms with Crippen molar-refractivity contribution >= 4 is 12.5 Å². The van der Waals surface area contributed by atoms with Gasteiger partial charge in [-0.05, 0) is 67.1 Å². The first-order valence-electron chi connectivity index (χ1n) is 11.7. The van der Waals surface area contributed by atoms with E-state index in [4.69, 9.17) is 9.53 Å². The molecule has 0 atom stereocenters. The van der Waals surface area contributed by atoms with Crippen LogP contribution in [0.3, 0.4) is 0 Å². The fourth-order valence-electron chi connectivity index (χ4n) is 4.52. The first kappa shape index (κ1) is 27.7. The van der Waals surface area contributed by atoms with Crippen molar-refractivity contribution in [2.45, 2.75) is 38.3 Å². The predicted octanol–water partition coefficient (Wildman–Crippen LogP) is 6.55. The van der Waals surface area contributed by atoms with Crippen molar-refractivity contribution in [1.29, 1.82) is 5.26 Å². The Labute approximate surface area is 213 Å². The second-order valence-corrected chi connectivity index (χ2v) is 8.87. The minimum absolute atomic E-state index is 0.00606. The number of carbonyl (C=O) groups is 1. The Morgan fingerprint density at radius 1 is 1.14 bits per heavy atom. The van der Waals surface area contributed by atoms with Crippen molar-refractivity contribution < 1.29 is 27.1 Å². The maximum absolute atomic E-state index is 15.2. The largest absolute Gasteiger partial charge is 0.493 e. The number of nitrogens with zero attached hydrogens (tertiary/aromatic N) is 3. The van der Waals surface area contributed by atoms with E-state index in [0.717, 1.165) is 17.7 Å². The Hall–Kier alpha value is -3.93. The molecule has 0 N–H and O–H groups in total. The van der Waals surface area contributed by atoms with Gasteiger partial charge < -0.3 is 14.4 Å². The quantitative estimate of drug-likeness (QED) is 0.362. The van der Waals surface area contributed by atoms with Crippen LogP contribution in [0.4, 0.5) is 23.2 Å². The molecule has 2 aromatic carbocycles. The van der Waals surface area contributed by atoms with E-state index in [1.807, 2.05) is 37.7 Å². The molecule has 194 valence electrons. The zero-order valence-corrected chi connectivity index (χ0v) is 20.6. The summed E-state index contributed by atoms with van der Waals surface area (Å²) in [5.74, 6) is 0.131. The highest BCUT2D eigenvalue weighted by Crippen LogP contribution is 2.40. The number of para-hydroxylation sites is 1. The number of benzene rings is 2. The van der Waals surface area contributed by atoms with Crippen LogP contribution >= 0.6 is 0 Å². The molecule has 5 nitrogen and oxygen atoms in total. The van der Waals surface area contributed by atoms with E-state index in [1.165, 1.54) is 12.1 Å². The number of alkyl halides is 3. The van der Waals surface area contributed by atoms with Gasteiger partial charge in [0.2, 0.25) is 0 Å². The van der Waals surface area contributed by atoms with Crippen LogP contribution < -0.4 is 9.64 Å². The van der Waals surface area contributed by atoms with E-state index >= 15 is 4.39 Å². The third-order valence-electron chi connectivity index (χ3n) is 6.63. The van der Waals surface area contributed by atoms with Crippen LogP contribution in [0.15, 0.2) is 54.7 Å². The molecule has 0 bridgehead atoms. The minimum atomic E-state index is -4.50. The van der Waals surface area contributed by atoms with Gasteiger partial charge in [0.05, 0.1) is 23.4 Å². The number of anilines is 1. The normalized spacial score (nSPS) is 14.8. The van der Waals surface area contributed by atoms with Crippen molar-refractivity contribution in [3.8, 4) is 23.1 Å². The molecule has 0 amide bonds. The summed E-state index contributed by atoms with van der Waals surface area (Å²) in [7, 11) is 0. The molecular formula is C28H27F4N3O2. The van der Waals surface area contributed by atoms with E-state index in [-0.39, 0.29) is 16.7 Å². The van der Waals surface area contributed by atoms with Crippen molar-refractivity contribution in [2.24, 2.45) is 0 Å². The Morgan fingerprint density at radius 2 is 1.81 bits per heavy atom. The lowest BCUT2D eigenvalue weighted by Crippen LogP contribution is -2.41. The van der Waals surface area contributed by atoms with Crippen molar-refractivity contribution in [3.63, 3.8) is 0 Å². The van der Waals surface area contributed by atoms with E-state index in [9.17, 15) is 18.4 Å². The SMILES string of the molecule is C=O.CCOc1ccccc1-c1ncc(C2(C)CCN(c3ccc(C(F)(F)F)cc3C#N)CC2)cc1F. The molecule has 0 radical (unpaired) electrons. The van der Waals surface area contributed by atoms with Crippen LogP contribution in [0.2, 0.25) is 0 Å². The third-order valence-corrected chi connectivity index (χ3v) is 6.63. The molecule has 0 aliphatic carbocycles. The highest BCUT2D eigenvalue weighted by molar-refractivity contribution is 5.68. The molecule has 1 saturated heterocycles. The number of hydrogen-bond donors (Lipinski definition) is 0. The molecule has 9 heteroatoms. The Morgan fingerprint density at radius 3 is 2.41 bits per heavy atom. The average molecular weight is 514 g/mol. The molecule has 1 aliphatic rings. The summed E-state index contributed by atoms with van der Waals surface area (Å²) in [5.41, 5.74) is 0.851. The number of nitriles is 1. The number of carbonyl (C=O) groups excluding carboxylic acids is 1. The molecule has 1 fully saturated rings. The molecule has 0 saturated carbocycles. The number of piperidine rings is 1. The van der Waals surface area contributed by atoms with E-state index < -0.39 is 17.6 Å². The number of rotatable bonds is 5. The second-order valence-electron chi connectivity index (χ2n) is 8.87. The summed E-state index contributed by atoms with van der Waals surface area (Å²) in [6, 6.07) is 13.8. The Balaban J connectivity index is 0.00000186. The van der Waals surface area contributed by atoms with Gasteiger partial charge >= 0.3 is 6.18 Å². The molecular weight excluding hydrogens is 486 g/mol. The van der Waals surface area contributed by atoms with Crippen LogP contribution in [-0.4, -0.2) is 31.5 Å². The number of halogens is 4. The van der Waals surface area contributed by atoms with Crippen LogP contribution in [-0.2, 0) is 16.4 Å². The lowest BCUT2D eigenvalue weighted by atomic mass is 9.75. The molecule has 3 aromatic rings. The zero-order chi connectivity index (χ0) is 27.2. The molecule has 4 rings (SSSR count). The highest BCUT2D eigenvalue weighted by atomic mass is 19.4. The average Bonchev–Trinajstić information content (AvgIpc) is 2.90. The van der Waals surface area contributed by atoms with Gasteiger partial charge in [0.25, 0.3) is 0 Å². The van der Waals surface area contributed by atoms with Gasteiger partial charge in [-0.1, -0.05) is 19.1 Å². The predicted molar refractivity (Wildman–Crippen MR) is 133 cm³/mol. The number of hydrogen-bond acceptors (Lipinski definition) is 5. The van der Waals surface area contributed by atoms with Crippen LogP contribution in [0.25, 0.3) is 11.3 Å². The third kappa shape index (κ3) is 5.91. The molecule has 2 heterocycles. The lowest BCUT2D eigenvalue weighted by Gasteiger charge is -2.41. The van der Waals surface area contributed by atoms with Gasteiger partial charge in [-0.25, -0.2) is 4.39 Å². The summed E-state index contributed by atoms with van der Waals surface area (Å²) in [6.07, 6.45) is -1.55. The van der Waals surface area contributed by atoms with Gasteiger partial charge in [-0.3, -0.25) is 4.98 Å². The fraction of sp³-hybridized carbons (Fsp3) is 0.321. The first-order chi connectivity index (χ1) is 17.7. The van der Waals surface area contributed by atoms with E-state index in [2.05, 4.69) is 4.98 Å². The van der Waals surface area contributed by atoms with Crippen LogP contribution in [0, 0.1) is 17.1 Å². The van der Waals surface area contributed by atoms with Crippen molar-refractivity contribution in [3.05, 3.63) is 77.2 Å². The van der Waals surface area contributed by atoms with Crippen LogP contribution in [0.5, 0.6) is 5.75 Å². The molecule has 37 heavy (non-hydrogen) atoms. The molecule has 1 aliphatic heterocycles. The van der Waals surface area contributed by atoms with Gasteiger partial charge in [-0.2, -0.15) is 18.4 Å². The summed E-state index contributed by atoms with van der Waals surface area (Å²) in [6.45, 7) is 7.39. The molecule has 1 aromatic heterocycles. The van der Waals surface area contributed by atoms with E-state index in [1.54, 1.807) is 24.4 Å². The first-order valence-corrected chi connectivity index (χ1v) is 11.7. The maximum Gasteiger partial charge on any atom is 0.416 e. The smallest absolute Gasteiger partial charge is 0.416 e. The maximum atomic E-state index is 15.2. The lowest BCUT2D eigenvalue weighted by molar-refractivity contribution is -0.137. The van der Waals surface area contributed by atoms with E-state index in [0.29, 0.717) is 49.5 Å². The fourth-order valence-corrected chi connectivity index (χ4v) is 4.52. The highest BCUT2D eigenvalue weighted by Gasteiger charge is 2.35. The van der Waals surface area contributed by atoms with Gasteiger partial charge in [0, 0.05) is 24.8 Å². The Kier molecular flexibility index (Phi) is 8.53. The number of aromatic nitrogens is 1. The van der Waals surface area contributed by atoms with Crippen LogP contribution in [0.1, 0.15) is 43.4 Å². The standard InChI is InChI=1S/C27H25F4N3O.CH2O/c1-3-35-24-7-5-4-6-21(24)25-22(28)15-20(17-33-25)26(2)10-12-34(13-11-26)23-9-8-19(27(29,30)31)14-18(23)16-32;1-2/h4-9,14-15,17H,3,10-13H2,1-2H3;1H2. The van der Waals surface area contributed by atoms with Crippen molar-refractivity contribution in [1.82, 2.24) is 4.98 Å². The summed E-state index contributed by atoms with van der Waals surface area (Å²) >= 11 is 0. The second kappa shape index (κ2) is 11.4. The van der Waals surface area contributed by atoms with Gasteiger partial charge in [0.15, 0.2) is 0 Å².